The fourth-order valence-corrected chi connectivity index (χ4v) is 6.57. The molecule has 2 rings (SSSR count). The Morgan fingerprint density at radius 2 is 1.38 bits per heavy atom. The van der Waals surface area contributed by atoms with Gasteiger partial charge in [-0.05, 0) is 70.1 Å². The van der Waals surface area contributed by atoms with E-state index in [4.69, 9.17) is 13.3 Å². The molecule has 0 spiro atoms. The molecule has 0 radical (unpaired) electrons. The second-order valence-electron chi connectivity index (χ2n) is 8.30. The molecule has 2 amide bonds. The molecule has 0 aliphatic carbocycles. The van der Waals surface area contributed by atoms with Gasteiger partial charge in [0.25, 0.3) is 0 Å². The van der Waals surface area contributed by atoms with Crippen molar-refractivity contribution < 1.29 is 18.1 Å². The second-order valence-corrected chi connectivity index (χ2v) is 11.0. The second kappa shape index (κ2) is 15.7. The van der Waals surface area contributed by atoms with Crippen molar-refractivity contribution in [3.05, 3.63) is 59.7 Å². The molecule has 2 aromatic rings. The number of carbonyl (C=O) groups excluding carboxylic acids is 1. The smallest absolute Gasteiger partial charge is 0.374 e. The van der Waals surface area contributed by atoms with Crippen LogP contribution in [0.3, 0.4) is 0 Å². The van der Waals surface area contributed by atoms with E-state index in [0.29, 0.717) is 39.0 Å². The summed E-state index contributed by atoms with van der Waals surface area (Å²) < 4.78 is 17.5. The highest BCUT2D eigenvalue weighted by molar-refractivity contribution is 6.60. The molecule has 188 valence electrons. The molecule has 2 aromatic carbocycles. The summed E-state index contributed by atoms with van der Waals surface area (Å²) in [7, 11) is -2.64. The van der Waals surface area contributed by atoms with E-state index in [0.717, 1.165) is 25.7 Å². The molecule has 0 aliphatic heterocycles. The highest BCUT2D eigenvalue weighted by Crippen LogP contribution is 2.22. The van der Waals surface area contributed by atoms with Crippen molar-refractivity contribution in [1.82, 2.24) is 10.6 Å². The SMILES string of the molecule is CCO[Si](CCCNC(=O)NCCCCc1cccc(-c2cccc(C)c2)c1)(OCC)OCC. The molecule has 0 saturated heterocycles. The Hall–Kier alpha value is -2.19. The Labute approximate surface area is 206 Å². The van der Waals surface area contributed by atoms with Crippen molar-refractivity contribution in [2.45, 2.75) is 59.4 Å². The highest BCUT2D eigenvalue weighted by atomic mass is 28.4. The maximum absolute atomic E-state index is 12.1. The molecule has 0 unspecified atom stereocenters. The van der Waals surface area contributed by atoms with Crippen LogP contribution in [-0.2, 0) is 19.7 Å². The van der Waals surface area contributed by atoms with Crippen LogP contribution >= 0.6 is 0 Å². The quantitative estimate of drug-likeness (QED) is 0.235. The molecule has 0 atom stereocenters. The minimum Gasteiger partial charge on any atom is -0.374 e. The topological polar surface area (TPSA) is 68.8 Å². The average molecular weight is 487 g/mol. The van der Waals surface area contributed by atoms with Crippen LogP contribution in [0.4, 0.5) is 4.79 Å². The Kier molecular flexibility index (Phi) is 12.9. The van der Waals surface area contributed by atoms with E-state index in [-0.39, 0.29) is 6.03 Å². The van der Waals surface area contributed by atoms with E-state index in [1.165, 1.54) is 22.3 Å². The zero-order valence-corrected chi connectivity index (χ0v) is 22.3. The maximum atomic E-state index is 12.1. The van der Waals surface area contributed by atoms with Crippen LogP contribution in [0.5, 0.6) is 0 Å². The molecular formula is C27H42N2O4Si. The third kappa shape index (κ3) is 9.97. The molecule has 34 heavy (non-hydrogen) atoms. The molecule has 0 heterocycles. The fraction of sp³-hybridized carbons (Fsp3) is 0.519. The van der Waals surface area contributed by atoms with Gasteiger partial charge >= 0.3 is 14.8 Å². The predicted octanol–water partition coefficient (Wildman–Crippen LogP) is 5.72. The van der Waals surface area contributed by atoms with Crippen molar-refractivity contribution in [1.29, 1.82) is 0 Å². The summed E-state index contributed by atoms with van der Waals surface area (Å²) in [5, 5.41) is 5.88. The summed E-state index contributed by atoms with van der Waals surface area (Å²) in [6.07, 6.45) is 3.73. The number of nitrogens with one attached hydrogen (secondary N) is 2. The molecule has 2 N–H and O–H groups in total. The van der Waals surface area contributed by atoms with Crippen LogP contribution in [0.2, 0.25) is 6.04 Å². The van der Waals surface area contributed by atoms with E-state index in [2.05, 4.69) is 66.1 Å². The van der Waals surface area contributed by atoms with E-state index < -0.39 is 8.80 Å². The number of carbonyl (C=O) groups is 1. The van der Waals surface area contributed by atoms with Crippen molar-refractivity contribution in [2.75, 3.05) is 32.9 Å². The van der Waals surface area contributed by atoms with Gasteiger partial charge < -0.3 is 23.9 Å². The fourth-order valence-electron chi connectivity index (χ4n) is 3.96. The lowest BCUT2D eigenvalue weighted by Crippen LogP contribution is -2.46. The number of aryl methyl sites for hydroxylation is 2. The van der Waals surface area contributed by atoms with Gasteiger partial charge in [0.15, 0.2) is 0 Å². The molecule has 0 bridgehead atoms. The number of hydrogen-bond acceptors (Lipinski definition) is 4. The van der Waals surface area contributed by atoms with Gasteiger partial charge in [-0.25, -0.2) is 4.79 Å². The van der Waals surface area contributed by atoms with Gasteiger partial charge in [0, 0.05) is 39.0 Å². The largest absolute Gasteiger partial charge is 0.500 e. The van der Waals surface area contributed by atoms with E-state index in [1.54, 1.807) is 0 Å². The molecule has 7 heteroatoms. The third-order valence-corrected chi connectivity index (χ3v) is 8.65. The number of urea groups is 1. The van der Waals surface area contributed by atoms with E-state index >= 15 is 0 Å². The summed E-state index contributed by atoms with van der Waals surface area (Å²) >= 11 is 0. The zero-order valence-electron chi connectivity index (χ0n) is 21.3. The van der Waals surface area contributed by atoms with Gasteiger partial charge in [-0.3, -0.25) is 0 Å². The Balaban J connectivity index is 1.64. The van der Waals surface area contributed by atoms with Crippen LogP contribution in [0, 0.1) is 6.92 Å². The first-order valence-corrected chi connectivity index (χ1v) is 14.5. The van der Waals surface area contributed by atoms with Crippen LogP contribution < -0.4 is 10.6 Å². The first-order valence-electron chi connectivity index (χ1n) is 12.6. The number of hydrogen-bond donors (Lipinski definition) is 2. The lowest BCUT2D eigenvalue weighted by molar-refractivity contribution is 0.0708. The highest BCUT2D eigenvalue weighted by Gasteiger charge is 2.39. The third-order valence-electron chi connectivity index (χ3n) is 5.49. The molecular weight excluding hydrogens is 444 g/mol. The van der Waals surface area contributed by atoms with Gasteiger partial charge in [-0.1, -0.05) is 54.1 Å². The zero-order chi connectivity index (χ0) is 24.7. The maximum Gasteiger partial charge on any atom is 0.500 e. The minimum absolute atomic E-state index is 0.127. The van der Waals surface area contributed by atoms with Crippen molar-refractivity contribution in [3.63, 3.8) is 0 Å². The standard InChI is InChI=1S/C27H42N2O4Si/c1-5-31-34(32-6-2,33-7-3)20-12-19-29-27(30)28-18-9-8-14-24-15-11-17-26(22-24)25-16-10-13-23(4)21-25/h10-11,13,15-17,21-22H,5-9,12,14,18-20H2,1-4H3,(H2,28,29,30). The summed E-state index contributed by atoms with van der Waals surface area (Å²) in [5.74, 6) is 0. The minimum atomic E-state index is -2.64. The molecule has 0 aromatic heterocycles. The van der Waals surface area contributed by atoms with E-state index in [9.17, 15) is 4.79 Å². The van der Waals surface area contributed by atoms with Crippen LogP contribution in [-0.4, -0.2) is 47.7 Å². The first-order chi connectivity index (χ1) is 16.5. The Bertz CT molecular complexity index is 845. The Morgan fingerprint density at radius 1 is 0.794 bits per heavy atom. The lowest BCUT2D eigenvalue weighted by atomic mass is 9.99. The Morgan fingerprint density at radius 3 is 2.00 bits per heavy atom. The number of rotatable bonds is 16. The van der Waals surface area contributed by atoms with Gasteiger partial charge in [0.2, 0.25) is 0 Å². The van der Waals surface area contributed by atoms with Gasteiger partial charge in [-0.2, -0.15) is 0 Å². The summed E-state index contributed by atoms with van der Waals surface area (Å²) in [4.78, 5) is 12.1. The van der Waals surface area contributed by atoms with Crippen molar-refractivity contribution in [2.24, 2.45) is 0 Å². The molecule has 6 nitrogen and oxygen atoms in total. The molecule has 0 aliphatic rings. The monoisotopic (exact) mass is 486 g/mol. The van der Waals surface area contributed by atoms with Crippen molar-refractivity contribution >= 4 is 14.8 Å². The summed E-state index contributed by atoms with van der Waals surface area (Å²) in [5.41, 5.74) is 5.10. The summed E-state index contributed by atoms with van der Waals surface area (Å²) in [6.45, 7) is 10.9. The predicted molar refractivity (Wildman–Crippen MR) is 141 cm³/mol. The van der Waals surface area contributed by atoms with Crippen LogP contribution in [0.15, 0.2) is 48.5 Å². The molecule has 0 fully saturated rings. The number of amides is 2. The van der Waals surface area contributed by atoms with Crippen LogP contribution in [0.1, 0.15) is 51.2 Å². The number of benzene rings is 2. The molecule has 0 saturated carbocycles. The normalized spacial score (nSPS) is 11.4. The summed E-state index contributed by atoms with van der Waals surface area (Å²) in [6, 6.07) is 17.9. The number of unbranched alkanes of at least 4 members (excludes halogenated alkanes) is 1. The van der Waals surface area contributed by atoms with Gasteiger partial charge in [-0.15, -0.1) is 0 Å². The van der Waals surface area contributed by atoms with E-state index in [1.807, 2.05) is 20.8 Å². The van der Waals surface area contributed by atoms with Crippen LogP contribution in [0.25, 0.3) is 11.1 Å². The van der Waals surface area contributed by atoms with Crippen molar-refractivity contribution in [3.8, 4) is 11.1 Å². The average Bonchev–Trinajstić information content (AvgIpc) is 2.82. The van der Waals surface area contributed by atoms with Gasteiger partial charge in [0.05, 0.1) is 0 Å². The first kappa shape index (κ1) is 28.0. The van der Waals surface area contributed by atoms with Gasteiger partial charge in [0.1, 0.15) is 0 Å². The lowest BCUT2D eigenvalue weighted by Gasteiger charge is -2.28.